The van der Waals surface area contributed by atoms with Crippen molar-refractivity contribution in [2.75, 3.05) is 25.1 Å². The van der Waals surface area contributed by atoms with Gasteiger partial charge in [-0.15, -0.1) is 0 Å². The normalized spacial score (nSPS) is 13.3. The van der Waals surface area contributed by atoms with Gasteiger partial charge in [-0.3, -0.25) is 9.59 Å². The van der Waals surface area contributed by atoms with Crippen molar-refractivity contribution in [1.29, 1.82) is 0 Å². The fraction of sp³-hybridized carbons (Fsp3) is 0.429. The largest absolute Gasteiger partial charge is 0.387 e. The fourth-order valence-corrected chi connectivity index (χ4v) is 2.56. The Hall–Kier alpha value is -1.24. The van der Waals surface area contributed by atoms with Gasteiger partial charge in [-0.2, -0.15) is 11.8 Å². The van der Waals surface area contributed by atoms with Crippen LogP contribution >= 0.6 is 23.4 Å². The number of rotatable bonds is 7. The third-order valence-corrected chi connectivity index (χ3v) is 3.89. The maximum atomic E-state index is 11.8. The molecule has 0 aliphatic carbocycles. The van der Waals surface area contributed by atoms with E-state index in [9.17, 15) is 14.7 Å². The summed E-state index contributed by atoms with van der Waals surface area (Å²) in [6.45, 7) is 1.61. The van der Waals surface area contributed by atoms with Crippen LogP contribution in [0.15, 0.2) is 24.3 Å². The molecule has 7 heteroatoms. The highest BCUT2D eigenvalue weighted by atomic mass is 35.5. The summed E-state index contributed by atoms with van der Waals surface area (Å²) < 4.78 is 0. The number of aliphatic hydroxyl groups is 1. The fourth-order valence-electron chi connectivity index (χ4n) is 1.61. The van der Waals surface area contributed by atoms with Gasteiger partial charge in [0.25, 0.3) is 5.91 Å². The average molecular weight is 331 g/mol. The second-order valence-corrected chi connectivity index (χ2v) is 6.14. The molecule has 0 radical (unpaired) electrons. The number of thioether (sulfide) groups is 1. The zero-order valence-electron chi connectivity index (χ0n) is 12.0. The second-order valence-electron chi connectivity index (χ2n) is 4.87. The van der Waals surface area contributed by atoms with Crippen LogP contribution in [0.5, 0.6) is 0 Å². The predicted octanol–water partition coefficient (Wildman–Crippen LogP) is 1.30. The first-order chi connectivity index (χ1) is 9.85. The topological polar surface area (TPSA) is 78.4 Å². The quantitative estimate of drug-likeness (QED) is 0.704. The van der Waals surface area contributed by atoms with Gasteiger partial charge in [0, 0.05) is 12.3 Å². The molecule has 0 spiro atoms. The van der Waals surface area contributed by atoms with Gasteiger partial charge in [-0.25, -0.2) is 0 Å². The Morgan fingerprint density at radius 3 is 2.62 bits per heavy atom. The van der Waals surface area contributed by atoms with Crippen LogP contribution in [0.2, 0.25) is 5.02 Å². The summed E-state index contributed by atoms with van der Waals surface area (Å²) in [5, 5.41) is 15.3. The Labute approximate surface area is 133 Å². The number of hydrogen-bond acceptors (Lipinski definition) is 4. The van der Waals surface area contributed by atoms with Gasteiger partial charge < -0.3 is 15.7 Å². The maximum Gasteiger partial charge on any atom is 0.253 e. The van der Waals surface area contributed by atoms with E-state index < -0.39 is 11.5 Å². The van der Waals surface area contributed by atoms with Crippen molar-refractivity contribution < 1.29 is 14.7 Å². The molecule has 116 valence electrons. The third-order valence-electron chi connectivity index (χ3n) is 2.65. The molecule has 0 bridgehead atoms. The molecule has 0 saturated heterocycles. The van der Waals surface area contributed by atoms with Gasteiger partial charge in [0.1, 0.15) is 0 Å². The summed E-state index contributed by atoms with van der Waals surface area (Å²) in [6, 6.07) is 6.61. The van der Waals surface area contributed by atoms with Gasteiger partial charge in [-0.1, -0.05) is 23.7 Å². The average Bonchev–Trinajstić information content (AvgIpc) is 2.43. The molecule has 5 nitrogen and oxygen atoms in total. The summed E-state index contributed by atoms with van der Waals surface area (Å²) >= 11 is 7.39. The first-order valence-electron chi connectivity index (χ1n) is 6.36. The van der Waals surface area contributed by atoms with Crippen LogP contribution < -0.4 is 10.6 Å². The molecule has 1 atom stereocenters. The molecule has 0 aliphatic rings. The minimum atomic E-state index is -0.970. The molecule has 1 aromatic rings. The second kappa shape index (κ2) is 8.26. The van der Waals surface area contributed by atoms with Crippen LogP contribution in [0.3, 0.4) is 0 Å². The first-order valence-corrected chi connectivity index (χ1v) is 8.13. The van der Waals surface area contributed by atoms with E-state index in [1.54, 1.807) is 31.2 Å². The van der Waals surface area contributed by atoms with Crippen molar-refractivity contribution in [2.24, 2.45) is 0 Å². The van der Waals surface area contributed by atoms with E-state index in [1.807, 2.05) is 6.26 Å². The highest BCUT2D eigenvalue weighted by molar-refractivity contribution is 7.98. The minimum absolute atomic E-state index is 0.134. The standard InChI is InChI=1S/C14H19ClN2O3S/c1-14(20,9-21-2)8-17-12(18)7-16-13(19)10-5-3-4-6-11(10)15/h3-6,20H,7-9H2,1-2H3,(H,16,19)(H,17,18). The van der Waals surface area contributed by atoms with Crippen molar-refractivity contribution in [3.05, 3.63) is 34.9 Å². The third kappa shape index (κ3) is 6.37. The smallest absolute Gasteiger partial charge is 0.253 e. The van der Waals surface area contributed by atoms with E-state index in [1.165, 1.54) is 11.8 Å². The van der Waals surface area contributed by atoms with E-state index in [2.05, 4.69) is 10.6 Å². The minimum Gasteiger partial charge on any atom is -0.387 e. The summed E-state index contributed by atoms with van der Waals surface area (Å²) in [5.74, 6) is -0.261. The van der Waals surface area contributed by atoms with Gasteiger partial charge >= 0.3 is 0 Å². The van der Waals surface area contributed by atoms with Crippen LogP contribution in [0.1, 0.15) is 17.3 Å². The van der Waals surface area contributed by atoms with E-state index in [0.717, 1.165) is 0 Å². The zero-order valence-corrected chi connectivity index (χ0v) is 13.6. The van der Waals surface area contributed by atoms with Crippen LogP contribution in [0, 0.1) is 0 Å². The Morgan fingerprint density at radius 1 is 1.33 bits per heavy atom. The highest BCUT2D eigenvalue weighted by Gasteiger charge is 2.20. The van der Waals surface area contributed by atoms with Gasteiger partial charge in [0.2, 0.25) is 5.91 Å². The Kier molecular flexibility index (Phi) is 7.01. The molecule has 21 heavy (non-hydrogen) atoms. The summed E-state index contributed by atoms with van der Waals surface area (Å²) in [6.07, 6.45) is 1.88. The van der Waals surface area contributed by atoms with E-state index in [4.69, 9.17) is 11.6 Å². The summed E-state index contributed by atoms with van der Waals surface area (Å²) in [7, 11) is 0. The van der Waals surface area contributed by atoms with Crippen molar-refractivity contribution >= 4 is 35.2 Å². The van der Waals surface area contributed by atoms with E-state index >= 15 is 0 Å². The number of carbonyl (C=O) groups is 2. The van der Waals surface area contributed by atoms with Crippen LogP contribution in [0.25, 0.3) is 0 Å². The molecule has 0 aromatic heterocycles. The monoisotopic (exact) mass is 330 g/mol. The predicted molar refractivity (Wildman–Crippen MR) is 85.8 cm³/mol. The molecule has 0 aliphatic heterocycles. The lowest BCUT2D eigenvalue weighted by atomic mass is 10.1. The highest BCUT2D eigenvalue weighted by Crippen LogP contribution is 2.14. The number of nitrogens with one attached hydrogen (secondary N) is 2. The molecule has 0 heterocycles. The zero-order chi connectivity index (χ0) is 15.9. The van der Waals surface area contributed by atoms with E-state index in [0.29, 0.717) is 16.3 Å². The van der Waals surface area contributed by atoms with Crippen molar-refractivity contribution in [3.63, 3.8) is 0 Å². The molecule has 0 saturated carbocycles. The molecular formula is C14H19ClN2O3S. The molecule has 1 unspecified atom stereocenters. The number of benzene rings is 1. The Morgan fingerprint density at radius 2 is 2.00 bits per heavy atom. The summed E-state index contributed by atoms with van der Waals surface area (Å²) in [4.78, 5) is 23.5. The molecule has 0 fully saturated rings. The molecule has 3 N–H and O–H groups in total. The van der Waals surface area contributed by atoms with Crippen LogP contribution in [-0.4, -0.2) is 47.6 Å². The molecule has 1 rings (SSSR count). The SMILES string of the molecule is CSCC(C)(O)CNC(=O)CNC(=O)c1ccccc1Cl. The molecule has 2 amide bonds. The van der Waals surface area contributed by atoms with Gasteiger partial charge in [0.05, 0.1) is 22.7 Å². The lowest BCUT2D eigenvalue weighted by molar-refractivity contribution is -0.121. The first kappa shape index (κ1) is 17.8. The Bertz CT molecular complexity index is 509. The van der Waals surface area contributed by atoms with Crippen LogP contribution in [-0.2, 0) is 4.79 Å². The van der Waals surface area contributed by atoms with Crippen molar-refractivity contribution in [1.82, 2.24) is 10.6 Å². The van der Waals surface area contributed by atoms with Crippen molar-refractivity contribution in [3.8, 4) is 0 Å². The lowest BCUT2D eigenvalue weighted by Gasteiger charge is -2.22. The number of carbonyl (C=O) groups excluding carboxylic acids is 2. The maximum absolute atomic E-state index is 11.8. The number of hydrogen-bond donors (Lipinski definition) is 3. The number of amides is 2. The molecule has 1 aromatic carbocycles. The lowest BCUT2D eigenvalue weighted by Crippen LogP contribution is -2.45. The van der Waals surface area contributed by atoms with Gasteiger partial charge in [-0.05, 0) is 25.3 Å². The summed E-state index contributed by atoms with van der Waals surface area (Å²) in [5.41, 5.74) is -0.650. The molecular weight excluding hydrogens is 312 g/mol. The van der Waals surface area contributed by atoms with Gasteiger partial charge in [0.15, 0.2) is 0 Å². The van der Waals surface area contributed by atoms with Crippen molar-refractivity contribution in [2.45, 2.75) is 12.5 Å². The van der Waals surface area contributed by atoms with Crippen LogP contribution in [0.4, 0.5) is 0 Å². The van der Waals surface area contributed by atoms with E-state index in [-0.39, 0.29) is 19.0 Å². The Balaban J connectivity index is 2.40. The number of halogens is 1.